The number of nitrogen functional groups attached to an aromatic ring is 1. The van der Waals surface area contributed by atoms with E-state index in [-0.39, 0.29) is 23.8 Å². The molecule has 28 heavy (non-hydrogen) atoms. The first kappa shape index (κ1) is 17.4. The second-order valence-corrected chi connectivity index (χ2v) is 7.96. The number of fused-ring (bicyclic) bond motifs is 2. The lowest BCUT2D eigenvalue weighted by Gasteiger charge is -2.26. The van der Waals surface area contributed by atoms with Gasteiger partial charge in [0.15, 0.2) is 11.5 Å². The van der Waals surface area contributed by atoms with Crippen LogP contribution in [0.5, 0.6) is 11.5 Å². The highest BCUT2D eigenvalue weighted by Crippen LogP contribution is 2.41. The summed E-state index contributed by atoms with van der Waals surface area (Å²) in [4.78, 5) is 5.70. The van der Waals surface area contributed by atoms with Gasteiger partial charge in [-0.1, -0.05) is 18.2 Å². The smallest absolute Gasteiger partial charge is 0.231 e. The lowest BCUT2D eigenvalue weighted by Crippen LogP contribution is -2.48. The molecule has 0 radical (unpaired) electrons. The maximum atomic E-state index is 13.5. The van der Waals surface area contributed by atoms with E-state index in [2.05, 4.69) is 21.7 Å². The molecule has 0 saturated carbocycles. The quantitative estimate of drug-likeness (QED) is 0.690. The molecule has 2 unspecified atom stereocenters. The summed E-state index contributed by atoms with van der Waals surface area (Å²) in [5.74, 6) is 2.11. The van der Waals surface area contributed by atoms with E-state index in [0.717, 1.165) is 33.4 Å². The monoisotopic (exact) mass is 398 g/mol. The Bertz CT molecular complexity index is 994. The van der Waals surface area contributed by atoms with Crippen LogP contribution in [0.25, 0.3) is 4.91 Å². The maximum absolute atomic E-state index is 13.5. The van der Waals surface area contributed by atoms with Crippen LogP contribution in [0.15, 0.2) is 47.5 Å². The number of rotatable bonds is 3. The maximum Gasteiger partial charge on any atom is 0.231 e. The Balaban J connectivity index is 1.28. The van der Waals surface area contributed by atoms with Crippen LogP contribution in [0, 0.1) is 5.82 Å². The van der Waals surface area contributed by atoms with Crippen molar-refractivity contribution < 1.29 is 13.9 Å². The number of hydrogen-bond donors (Lipinski definition) is 3. The number of anilines is 1. The second-order valence-electron chi connectivity index (χ2n) is 6.78. The Morgan fingerprint density at radius 3 is 3.00 bits per heavy atom. The number of aliphatic imine (C=N–C) groups is 1. The van der Waals surface area contributed by atoms with Crippen LogP contribution in [0.1, 0.15) is 11.1 Å². The molecule has 2 aromatic rings. The molecule has 0 spiro atoms. The molecule has 0 aliphatic carbocycles. The van der Waals surface area contributed by atoms with Crippen molar-refractivity contribution in [2.24, 2.45) is 4.99 Å². The predicted molar refractivity (Wildman–Crippen MR) is 109 cm³/mol. The number of benzene rings is 2. The molecule has 0 aromatic heterocycles. The minimum absolute atomic E-state index is 0.143. The summed E-state index contributed by atoms with van der Waals surface area (Å²) in [7, 11) is 0. The second kappa shape index (κ2) is 7.03. The SMILES string of the molecule is Nc1cc(C2=CC3NCN=C(NCc4ccc5c(c4)OCO5)C3S2)ccc1F. The van der Waals surface area contributed by atoms with Crippen molar-refractivity contribution in [3.05, 3.63) is 59.4 Å². The van der Waals surface area contributed by atoms with Crippen LogP contribution in [0.3, 0.4) is 0 Å². The van der Waals surface area contributed by atoms with Crippen LogP contribution < -0.4 is 25.8 Å². The first-order valence-corrected chi connectivity index (χ1v) is 9.89. The summed E-state index contributed by atoms with van der Waals surface area (Å²) in [6, 6.07) is 11.0. The van der Waals surface area contributed by atoms with Gasteiger partial charge < -0.3 is 20.5 Å². The Kier molecular flexibility index (Phi) is 4.37. The van der Waals surface area contributed by atoms with Crippen LogP contribution in [0.2, 0.25) is 0 Å². The van der Waals surface area contributed by atoms with E-state index in [9.17, 15) is 4.39 Å². The van der Waals surface area contributed by atoms with E-state index in [1.807, 2.05) is 18.2 Å². The predicted octanol–water partition coefficient (Wildman–Crippen LogP) is 2.71. The topological polar surface area (TPSA) is 80.9 Å². The zero-order valence-corrected chi connectivity index (χ0v) is 15.8. The molecule has 2 aromatic carbocycles. The highest BCUT2D eigenvalue weighted by molar-refractivity contribution is 8.09. The molecule has 4 N–H and O–H groups in total. The molecule has 0 saturated heterocycles. The molecule has 0 fully saturated rings. The molecule has 3 aliphatic heterocycles. The van der Waals surface area contributed by atoms with Crippen molar-refractivity contribution >= 4 is 28.2 Å². The zero-order chi connectivity index (χ0) is 19.1. The summed E-state index contributed by atoms with van der Waals surface area (Å²) < 4.78 is 24.3. The Morgan fingerprint density at radius 2 is 2.11 bits per heavy atom. The molecule has 3 aliphatic rings. The van der Waals surface area contributed by atoms with Gasteiger partial charge in [-0.15, -0.1) is 11.8 Å². The minimum Gasteiger partial charge on any atom is -0.454 e. The molecule has 2 atom stereocenters. The van der Waals surface area contributed by atoms with E-state index in [1.54, 1.807) is 23.9 Å². The average molecular weight is 398 g/mol. The van der Waals surface area contributed by atoms with Gasteiger partial charge in [0.1, 0.15) is 11.7 Å². The zero-order valence-electron chi connectivity index (χ0n) is 14.9. The number of nitrogens with one attached hydrogen (secondary N) is 2. The minimum atomic E-state index is -0.393. The fourth-order valence-corrected chi connectivity index (χ4v) is 4.83. The van der Waals surface area contributed by atoms with Crippen molar-refractivity contribution in [1.29, 1.82) is 0 Å². The van der Waals surface area contributed by atoms with Gasteiger partial charge in [-0.3, -0.25) is 10.3 Å². The summed E-state index contributed by atoms with van der Waals surface area (Å²) in [6.45, 7) is 1.48. The van der Waals surface area contributed by atoms with Crippen molar-refractivity contribution in [3.63, 3.8) is 0 Å². The molecule has 3 heterocycles. The summed E-state index contributed by atoms with van der Waals surface area (Å²) in [5.41, 5.74) is 7.92. The van der Waals surface area contributed by atoms with Gasteiger partial charge in [-0.25, -0.2) is 4.39 Å². The van der Waals surface area contributed by atoms with Crippen molar-refractivity contribution in [1.82, 2.24) is 10.6 Å². The number of amidine groups is 1. The largest absolute Gasteiger partial charge is 0.454 e. The third kappa shape index (κ3) is 3.18. The Morgan fingerprint density at radius 1 is 1.21 bits per heavy atom. The van der Waals surface area contributed by atoms with Gasteiger partial charge in [0.2, 0.25) is 6.79 Å². The number of ether oxygens (including phenoxy) is 2. The fourth-order valence-electron chi connectivity index (χ4n) is 3.48. The highest BCUT2D eigenvalue weighted by atomic mass is 32.2. The lowest BCUT2D eigenvalue weighted by molar-refractivity contribution is 0.174. The number of hydrogen-bond acceptors (Lipinski definition) is 7. The van der Waals surface area contributed by atoms with Crippen molar-refractivity contribution in [2.45, 2.75) is 17.8 Å². The number of nitrogens with two attached hydrogens (primary N) is 1. The van der Waals surface area contributed by atoms with Crippen molar-refractivity contribution in [2.75, 3.05) is 19.2 Å². The van der Waals surface area contributed by atoms with Gasteiger partial charge >= 0.3 is 0 Å². The fraction of sp³-hybridized carbons (Fsp3) is 0.250. The molecule has 144 valence electrons. The lowest BCUT2D eigenvalue weighted by atomic mass is 10.1. The summed E-state index contributed by atoms with van der Waals surface area (Å²) in [6.07, 6.45) is 2.17. The van der Waals surface area contributed by atoms with Gasteiger partial charge in [-0.05, 0) is 35.4 Å². The standard InChI is InChI=1S/C20H19FN4O2S/c21-13-3-2-12(6-14(13)22)18-7-15-19(28-18)20(25-9-24-15)23-8-11-1-4-16-17(5-11)27-10-26-16/h1-7,15,19,24H,8-10,22H2,(H,23,25). The Hall–Kier alpha value is -2.71. The third-order valence-corrected chi connectivity index (χ3v) is 6.34. The first-order valence-electron chi connectivity index (χ1n) is 9.01. The third-order valence-electron chi connectivity index (χ3n) is 4.95. The van der Waals surface area contributed by atoms with E-state index in [1.165, 1.54) is 6.07 Å². The molecule has 8 heteroatoms. The molecule has 0 amide bonds. The summed E-state index contributed by atoms with van der Waals surface area (Å²) >= 11 is 1.71. The van der Waals surface area contributed by atoms with Gasteiger partial charge in [0.05, 0.1) is 17.6 Å². The van der Waals surface area contributed by atoms with Gasteiger partial charge in [0.25, 0.3) is 0 Å². The van der Waals surface area contributed by atoms with Crippen molar-refractivity contribution in [3.8, 4) is 11.5 Å². The number of nitrogens with zero attached hydrogens (tertiary/aromatic N) is 1. The summed E-state index contributed by atoms with van der Waals surface area (Å²) in [5, 5.41) is 7.01. The molecular weight excluding hydrogens is 379 g/mol. The van der Waals surface area contributed by atoms with E-state index in [4.69, 9.17) is 15.2 Å². The van der Waals surface area contributed by atoms with Gasteiger partial charge in [0, 0.05) is 17.5 Å². The van der Waals surface area contributed by atoms with Crippen LogP contribution in [-0.4, -0.2) is 30.6 Å². The normalized spacial score (nSPS) is 22.5. The highest BCUT2D eigenvalue weighted by Gasteiger charge is 2.35. The molecule has 5 rings (SSSR count). The van der Waals surface area contributed by atoms with Gasteiger partial charge in [-0.2, -0.15) is 0 Å². The molecule has 0 bridgehead atoms. The Labute approximate surface area is 166 Å². The van der Waals surface area contributed by atoms with E-state index in [0.29, 0.717) is 13.2 Å². The van der Waals surface area contributed by atoms with Crippen LogP contribution in [-0.2, 0) is 6.54 Å². The first-order chi connectivity index (χ1) is 13.7. The number of thioether (sulfide) groups is 1. The van der Waals surface area contributed by atoms with Crippen LogP contribution in [0.4, 0.5) is 10.1 Å². The molecule has 6 nitrogen and oxygen atoms in total. The molecular formula is C20H19FN4O2S. The van der Waals surface area contributed by atoms with E-state index >= 15 is 0 Å². The van der Waals surface area contributed by atoms with Crippen LogP contribution >= 0.6 is 11.8 Å². The number of halogens is 1. The van der Waals surface area contributed by atoms with E-state index < -0.39 is 5.82 Å². The average Bonchev–Trinajstić information content (AvgIpc) is 3.34.